The highest BCUT2D eigenvalue weighted by atomic mass is 19.4. The summed E-state index contributed by atoms with van der Waals surface area (Å²) in [4.78, 5) is 3.54. The monoisotopic (exact) mass is 242 g/mol. The maximum Gasteiger partial charge on any atom is 0.415 e. The van der Waals surface area contributed by atoms with E-state index in [0.717, 1.165) is 6.42 Å². The van der Waals surface area contributed by atoms with Crippen molar-refractivity contribution in [1.29, 1.82) is 0 Å². The molecule has 0 fully saturated rings. The summed E-state index contributed by atoms with van der Waals surface area (Å²) in [7, 11) is 3.73. The first-order chi connectivity index (χ1) is 7.27. The zero-order chi connectivity index (χ0) is 12.8. The lowest BCUT2D eigenvalue weighted by Gasteiger charge is -2.26. The zero-order valence-corrected chi connectivity index (χ0v) is 10.1. The highest BCUT2D eigenvalue weighted by molar-refractivity contribution is 4.71. The molecule has 0 aliphatic rings. The summed E-state index contributed by atoms with van der Waals surface area (Å²) in [6, 6.07) is 0. The predicted octanol–water partition coefficient (Wildman–Crippen LogP) is 1.18. The van der Waals surface area contributed by atoms with Crippen LogP contribution in [0.2, 0.25) is 0 Å². The lowest BCUT2D eigenvalue weighted by molar-refractivity contribution is -0.208. The van der Waals surface area contributed by atoms with E-state index in [1.165, 1.54) is 0 Å². The summed E-state index contributed by atoms with van der Waals surface area (Å²) >= 11 is 0. The number of hydrogen-bond acceptors (Lipinski definition) is 3. The Morgan fingerprint density at radius 1 is 1.12 bits per heavy atom. The molecular weight excluding hydrogens is 221 g/mol. The fourth-order valence-electron chi connectivity index (χ4n) is 1.30. The van der Waals surface area contributed by atoms with Gasteiger partial charge in [-0.05, 0) is 27.1 Å². The first-order valence-corrected chi connectivity index (χ1v) is 5.39. The molecule has 0 rings (SSSR count). The van der Waals surface area contributed by atoms with Gasteiger partial charge in [0.25, 0.3) is 0 Å². The lowest BCUT2D eigenvalue weighted by atomic mass is 10.3. The third-order valence-corrected chi connectivity index (χ3v) is 2.21. The maximum absolute atomic E-state index is 12.2. The van der Waals surface area contributed by atoms with Gasteiger partial charge < -0.3 is 10.0 Å². The first kappa shape index (κ1) is 15.7. The lowest BCUT2D eigenvalue weighted by Crippen LogP contribution is -2.43. The van der Waals surface area contributed by atoms with Gasteiger partial charge in [0.1, 0.15) is 0 Å². The van der Waals surface area contributed by atoms with Gasteiger partial charge in [0, 0.05) is 19.6 Å². The maximum atomic E-state index is 12.2. The Bertz CT molecular complexity index is 185. The van der Waals surface area contributed by atoms with Gasteiger partial charge >= 0.3 is 6.18 Å². The molecule has 6 heteroatoms. The summed E-state index contributed by atoms with van der Waals surface area (Å²) in [5.74, 6) is 0. The van der Waals surface area contributed by atoms with Crippen molar-refractivity contribution < 1.29 is 18.3 Å². The largest absolute Gasteiger partial charge is 0.415 e. The van der Waals surface area contributed by atoms with Crippen molar-refractivity contribution in [2.24, 2.45) is 0 Å². The Labute approximate surface area is 94.8 Å². The summed E-state index contributed by atoms with van der Waals surface area (Å²) in [6.07, 6.45) is -6.00. The number of nitrogens with zero attached hydrogens (tertiary/aromatic N) is 2. The fourth-order valence-corrected chi connectivity index (χ4v) is 1.30. The van der Waals surface area contributed by atoms with Crippen LogP contribution in [0.5, 0.6) is 0 Å². The summed E-state index contributed by atoms with van der Waals surface area (Å²) in [5, 5.41) is 8.97. The molecule has 0 aromatic heterocycles. The molecule has 0 saturated carbocycles. The van der Waals surface area contributed by atoms with Crippen molar-refractivity contribution in [2.45, 2.75) is 25.6 Å². The molecule has 1 unspecified atom stereocenters. The van der Waals surface area contributed by atoms with Crippen LogP contribution in [0, 0.1) is 0 Å². The summed E-state index contributed by atoms with van der Waals surface area (Å²) < 4.78 is 36.5. The molecule has 0 radical (unpaired) electrons. The minimum atomic E-state index is -4.52. The second-order valence-corrected chi connectivity index (χ2v) is 4.16. The smallest absolute Gasteiger partial charge is 0.382 e. The average Bonchev–Trinajstić information content (AvgIpc) is 2.12. The molecule has 0 aromatic rings. The average molecular weight is 242 g/mol. The van der Waals surface area contributed by atoms with Crippen LogP contribution in [0.3, 0.4) is 0 Å². The van der Waals surface area contributed by atoms with Crippen LogP contribution < -0.4 is 0 Å². The number of aliphatic hydroxyl groups excluding tert-OH is 1. The molecule has 0 bridgehead atoms. The van der Waals surface area contributed by atoms with E-state index >= 15 is 0 Å². The normalized spacial score (nSPS) is 14.8. The van der Waals surface area contributed by atoms with Crippen molar-refractivity contribution in [1.82, 2.24) is 9.80 Å². The molecule has 0 aromatic carbocycles. The summed E-state index contributed by atoms with van der Waals surface area (Å²) in [5.41, 5.74) is 0. The fraction of sp³-hybridized carbons (Fsp3) is 1.00. The Morgan fingerprint density at radius 3 is 2.06 bits per heavy atom. The van der Waals surface area contributed by atoms with E-state index in [1.807, 2.05) is 25.9 Å². The van der Waals surface area contributed by atoms with Gasteiger partial charge in [-0.2, -0.15) is 13.2 Å². The molecular formula is C10H21F3N2O. The van der Waals surface area contributed by atoms with Gasteiger partial charge in [-0.15, -0.1) is 0 Å². The Hall–Kier alpha value is -0.330. The van der Waals surface area contributed by atoms with Gasteiger partial charge in [-0.1, -0.05) is 6.92 Å². The van der Waals surface area contributed by atoms with Gasteiger partial charge in [0.2, 0.25) is 0 Å². The van der Waals surface area contributed by atoms with Crippen molar-refractivity contribution in [3.63, 3.8) is 0 Å². The highest BCUT2D eigenvalue weighted by Gasteiger charge is 2.38. The first-order valence-electron chi connectivity index (χ1n) is 5.39. The molecule has 1 N–H and O–H groups in total. The van der Waals surface area contributed by atoms with Crippen molar-refractivity contribution in [3.8, 4) is 0 Å². The molecule has 0 amide bonds. The molecule has 0 heterocycles. The van der Waals surface area contributed by atoms with E-state index in [2.05, 4.69) is 0 Å². The standard InChI is InChI=1S/C10H21F3N2O/c1-4-5-15(7-6-14(2)3)8-9(16)10(11,12)13/h9,16H,4-8H2,1-3H3. The zero-order valence-electron chi connectivity index (χ0n) is 10.1. The van der Waals surface area contributed by atoms with Crippen molar-refractivity contribution in [2.75, 3.05) is 40.3 Å². The van der Waals surface area contributed by atoms with Crippen LogP contribution in [0.4, 0.5) is 13.2 Å². The van der Waals surface area contributed by atoms with Gasteiger partial charge in [0.05, 0.1) is 0 Å². The van der Waals surface area contributed by atoms with Crippen LogP contribution in [0.15, 0.2) is 0 Å². The highest BCUT2D eigenvalue weighted by Crippen LogP contribution is 2.20. The second-order valence-electron chi connectivity index (χ2n) is 4.16. The van der Waals surface area contributed by atoms with Crippen LogP contribution in [0.25, 0.3) is 0 Å². The number of aliphatic hydroxyl groups is 1. The quantitative estimate of drug-likeness (QED) is 0.726. The minimum Gasteiger partial charge on any atom is -0.382 e. The molecule has 0 aliphatic carbocycles. The van der Waals surface area contributed by atoms with Crippen molar-refractivity contribution >= 4 is 0 Å². The number of alkyl halides is 3. The third-order valence-electron chi connectivity index (χ3n) is 2.21. The van der Waals surface area contributed by atoms with Gasteiger partial charge in [-0.3, -0.25) is 4.90 Å². The molecule has 0 spiro atoms. The Kier molecular flexibility index (Phi) is 6.94. The van der Waals surface area contributed by atoms with E-state index in [-0.39, 0.29) is 6.54 Å². The van der Waals surface area contributed by atoms with Gasteiger partial charge in [-0.25, -0.2) is 0 Å². The number of rotatable bonds is 7. The predicted molar refractivity (Wildman–Crippen MR) is 57.3 cm³/mol. The van der Waals surface area contributed by atoms with E-state index in [0.29, 0.717) is 19.6 Å². The molecule has 0 saturated heterocycles. The second kappa shape index (κ2) is 7.09. The van der Waals surface area contributed by atoms with E-state index in [1.54, 1.807) is 4.90 Å². The Balaban J connectivity index is 4.11. The number of likely N-dealkylation sites (N-methyl/N-ethyl adjacent to an activating group) is 1. The van der Waals surface area contributed by atoms with E-state index < -0.39 is 12.3 Å². The van der Waals surface area contributed by atoms with Crippen LogP contribution in [-0.2, 0) is 0 Å². The van der Waals surface area contributed by atoms with E-state index in [9.17, 15) is 13.2 Å². The molecule has 3 nitrogen and oxygen atoms in total. The van der Waals surface area contributed by atoms with Crippen LogP contribution in [-0.4, -0.2) is 67.5 Å². The topological polar surface area (TPSA) is 26.7 Å². The molecule has 0 aliphatic heterocycles. The summed E-state index contributed by atoms with van der Waals surface area (Å²) in [6.45, 7) is 3.35. The molecule has 1 atom stereocenters. The molecule has 16 heavy (non-hydrogen) atoms. The third kappa shape index (κ3) is 7.03. The number of halogens is 3. The van der Waals surface area contributed by atoms with Crippen molar-refractivity contribution in [3.05, 3.63) is 0 Å². The van der Waals surface area contributed by atoms with Gasteiger partial charge in [0.15, 0.2) is 6.10 Å². The Morgan fingerprint density at radius 2 is 1.69 bits per heavy atom. The molecule has 98 valence electrons. The minimum absolute atomic E-state index is 0.342. The van der Waals surface area contributed by atoms with E-state index in [4.69, 9.17) is 5.11 Å². The van der Waals surface area contributed by atoms with Crippen LogP contribution in [0.1, 0.15) is 13.3 Å². The number of hydrogen-bond donors (Lipinski definition) is 1. The SMILES string of the molecule is CCCN(CCN(C)C)CC(O)C(F)(F)F. The van der Waals surface area contributed by atoms with Crippen LogP contribution >= 0.6 is 0 Å².